The topological polar surface area (TPSA) is 65.2 Å². The molecule has 0 aliphatic heterocycles. The molecular formula is C17H12Cl2N2O3. The van der Waals surface area contributed by atoms with Crippen molar-refractivity contribution in [1.82, 2.24) is 10.2 Å². The Bertz CT molecular complexity index is 873. The van der Waals surface area contributed by atoms with Crippen molar-refractivity contribution >= 4 is 29.2 Å². The molecule has 1 aromatic heterocycles. The zero-order valence-electron chi connectivity index (χ0n) is 12.6. The first-order valence-corrected chi connectivity index (χ1v) is 7.81. The van der Waals surface area contributed by atoms with Crippen molar-refractivity contribution in [2.45, 2.75) is 13.5 Å². The lowest BCUT2D eigenvalue weighted by Crippen LogP contribution is -2.07. The maximum absolute atomic E-state index is 12.1. The minimum atomic E-state index is -0.652. The van der Waals surface area contributed by atoms with E-state index in [1.165, 1.54) is 0 Å². The average molecular weight is 363 g/mol. The van der Waals surface area contributed by atoms with E-state index in [2.05, 4.69) is 10.2 Å². The molecular weight excluding hydrogens is 351 g/mol. The van der Waals surface area contributed by atoms with Gasteiger partial charge in [0.2, 0.25) is 5.89 Å². The number of nitrogens with zero attached hydrogens (tertiary/aromatic N) is 2. The molecule has 0 amide bonds. The number of esters is 1. The van der Waals surface area contributed by atoms with Crippen LogP contribution in [-0.4, -0.2) is 16.2 Å². The Morgan fingerprint density at radius 1 is 1.12 bits per heavy atom. The number of ether oxygens (including phenoxy) is 1. The van der Waals surface area contributed by atoms with Gasteiger partial charge in [-0.3, -0.25) is 0 Å². The molecule has 1 heterocycles. The second-order valence-electron chi connectivity index (χ2n) is 5.04. The Hall–Kier alpha value is -2.37. The summed E-state index contributed by atoms with van der Waals surface area (Å²) in [5.74, 6) is -0.107. The molecule has 0 aliphatic carbocycles. The molecule has 24 heavy (non-hydrogen) atoms. The van der Waals surface area contributed by atoms with E-state index in [9.17, 15) is 4.79 Å². The number of aromatic nitrogens is 2. The summed E-state index contributed by atoms with van der Waals surface area (Å²) in [6, 6.07) is 12.4. The van der Waals surface area contributed by atoms with E-state index < -0.39 is 5.97 Å². The smallest absolute Gasteiger partial charge is 0.341 e. The normalized spacial score (nSPS) is 10.6. The molecule has 0 atom stereocenters. The Balaban J connectivity index is 1.71. The van der Waals surface area contributed by atoms with Crippen molar-refractivity contribution in [2.75, 3.05) is 0 Å². The molecule has 0 saturated carbocycles. The SMILES string of the molecule is Cc1cccc(-c2nnc(COC(=O)c3c(Cl)cccc3Cl)o2)c1. The van der Waals surface area contributed by atoms with Crippen LogP contribution in [-0.2, 0) is 11.3 Å². The zero-order valence-corrected chi connectivity index (χ0v) is 14.1. The van der Waals surface area contributed by atoms with Gasteiger partial charge in [-0.05, 0) is 31.2 Å². The molecule has 3 rings (SSSR count). The third-order valence-electron chi connectivity index (χ3n) is 3.23. The van der Waals surface area contributed by atoms with Gasteiger partial charge in [0, 0.05) is 5.56 Å². The quantitative estimate of drug-likeness (QED) is 0.628. The lowest BCUT2D eigenvalue weighted by Gasteiger charge is -2.05. The summed E-state index contributed by atoms with van der Waals surface area (Å²) in [6.45, 7) is 1.80. The van der Waals surface area contributed by atoms with Crippen molar-refractivity contribution in [3.8, 4) is 11.5 Å². The Morgan fingerprint density at radius 3 is 2.54 bits per heavy atom. The highest BCUT2D eigenvalue weighted by Gasteiger charge is 2.17. The largest absolute Gasteiger partial charge is 0.452 e. The molecule has 0 aliphatic rings. The maximum Gasteiger partial charge on any atom is 0.341 e. The minimum Gasteiger partial charge on any atom is -0.452 e. The summed E-state index contributed by atoms with van der Waals surface area (Å²) in [5, 5.41) is 8.27. The highest BCUT2D eigenvalue weighted by Crippen LogP contribution is 2.25. The number of rotatable bonds is 4. The van der Waals surface area contributed by atoms with Crippen LogP contribution >= 0.6 is 23.2 Å². The Kier molecular flexibility index (Phi) is 4.83. The van der Waals surface area contributed by atoms with Gasteiger partial charge in [-0.15, -0.1) is 10.2 Å². The monoisotopic (exact) mass is 362 g/mol. The summed E-state index contributed by atoms with van der Waals surface area (Å²) in [7, 11) is 0. The van der Waals surface area contributed by atoms with E-state index in [4.69, 9.17) is 32.4 Å². The molecule has 0 fully saturated rings. The molecule has 0 N–H and O–H groups in total. The van der Waals surface area contributed by atoms with Gasteiger partial charge in [0.05, 0.1) is 15.6 Å². The summed E-state index contributed by atoms with van der Waals surface area (Å²) < 4.78 is 10.7. The van der Waals surface area contributed by atoms with Crippen LogP contribution in [0.25, 0.3) is 11.5 Å². The van der Waals surface area contributed by atoms with Crippen LogP contribution in [0.3, 0.4) is 0 Å². The van der Waals surface area contributed by atoms with Crippen molar-refractivity contribution in [2.24, 2.45) is 0 Å². The first-order chi connectivity index (χ1) is 11.5. The van der Waals surface area contributed by atoms with Crippen LogP contribution in [0.1, 0.15) is 21.8 Å². The number of hydrogen-bond acceptors (Lipinski definition) is 5. The zero-order chi connectivity index (χ0) is 17.1. The maximum atomic E-state index is 12.1. The van der Waals surface area contributed by atoms with Gasteiger partial charge < -0.3 is 9.15 Å². The van der Waals surface area contributed by atoms with Crippen molar-refractivity contribution in [3.63, 3.8) is 0 Å². The lowest BCUT2D eigenvalue weighted by molar-refractivity contribution is 0.0439. The fraction of sp³-hybridized carbons (Fsp3) is 0.118. The molecule has 0 bridgehead atoms. The average Bonchev–Trinajstić information content (AvgIpc) is 3.02. The summed E-state index contributed by atoms with van der Waals surface area (Å²) in [5.41, 5.74) is 1.99. The molecule has 2 aromatic carbocycles. The first kappa shape index (κ1) is 16.5. The Morgan fingerprint density at radius 2 is 1.83 bits per heavy atom. The number of halogens is 2. The molecule has 0 radical (unpaired) electrons. The summed E-state index contributed by atoms with van der Waals surface area (Å²) >= 11 is 11.9. The summed E-state index contributed by atoms with van der Waals surface area (Å²) in [4.78, 5) is 12.1. The fourth-order valence-electron chi connectivity index (χ4n) is 2.10. The molecule has 7 heteroatoms. The van der Waals surface area contributed by atoms with Crippen molar-refractivity contribution in [1.29, 1.82) is 0 Å². The number of carbonyl (C=O) groups is 1. The fourth-order valence-corrected chi connectivity index (χ4v) is 2.65. The highest BCUT2D eigenvalue weighted by atomic mass is 35.5. The van der Waals surface area contributed by atoms with Gasteiger partial charge in [-0.25, -0.2) is 4.79 Å². The second kappa shape index (κ2) is 7.03. The van der Waals surface area contributed by atoms with Gasteiger partial charge in [0.15, 0.2) is 6.61 Å². The van der Waals surface area contributed by atoms with Gasteiger partial charge in [0.25, 0.3) is 5.89 Å². The number of carbonyl (C=O) groups excluding carboxylic acids is 1. The third kappa shape index (κ3) is 3.58. The van der Waals surface area contributed by atoms with E-state index in [-0.39, 0.29) is 28.1 Å². The second-order valence-corrected chi connectivity index (χ2v) is 5.86. The molecule has 3 aromatic rings. The van der Waals surface area contributed by atoms with Gasteiger partial charge in [-0.1, -0.05) is 47.0 Å². The molecule has 5 nitrogen and oxygen atoms in total. The van der Waals surface area contributed by atoms with Crippen LogP contribution in [0.15, 0.2) is 46.9 Å². The van der Waals surface area contributed by atoms with E-state index in [1.54, 1.807) is 18.2 Å². The number of hydrogen-bond donors (Lipinski definition) is 0. The van der Waals surface area contributed by atoms with Crippen molar-refractivity contribution in [3.05, 3.63) is 69.5 Å². The third-order valence-corrected chi connectivity index (χ3v) is 3.86. The van der Waals surface area contributed by atoms with E-state index in [1.807, 2.05) is 31.2 Å². The Labute approximate surface area is 148 Å². The van der Waals surface area contributed by atoms with Gasteiger partial charge in [0.1, 0.15) is 0 Å². The summed E-state index contributed by atoms with van der Waals surface area (Å²) in [6.07, 6.45) is 0. The van der Waals surface area contributed by atoms with E-state index in [0.717, 1.165) is 11.1 Å². The number of benzene rings is 2. The van der Waals surface area contributed by atoms with Crippen LogP contribution in [0.5, 0.6) is 0 Å². The van der Waals surface area contributed by atoms with Crippen LogP contribution in [0, 0.1) is 6.92 Å². The lowest BCUT2D eigenvalue weighted by atomic mass is 10.1. The van der Waals surface area contributed by atoms with Crippen LogP contribution in [0.2, 0.25) is 10.0 Å². The van der Waals surface area contributed by atoms with Crippen LogP contribution in [0.4, 0.5) is 0 Å². The van der Waals surface area contributed by atoms with Gasteiger partial charge in [-0.2, -0.15) is 0 Å². The van der Waals surface area contributed by atoms with Crippen molar-refractivity contribution < 1.29 is 13.9 Å². The van der Waals surface area contributed by atoms with E-state index in [0.29, 0.717) is 5.89 Å². The predicted octanol–water partition coefficient (Wildman–Crippen LogP) is 4.71. The van der Waals surface area contributed by atoms with Gasteiger partial charge >= 0.3 is 5.97 Å². The first-order valence-electron chi connectivity index (χ1n) is 7.05. The van der Waals surface area contributed by atoms with Crippen LogP contribution < -0.4 is 0 Å². The standard InChI is InChI=1S/C17H12Cl2N2O3/c1-10-4-2-5-11(8-10)16-21-20-14(24-16)9-23-17(22)15-12(18)6-3-7-13(15)19/h2-8H,9H2,1H3. The molecule has 0 unspecified atom stereocenters. The highest BCUT2D eigenvalue weighted by molar-refractivity contribution is 6.39. The number of aryl methyl sites for hydroxylation is 1. The van der Waals surface area contributed by atoms with E-state index >= 15 is 0 Å². The predicted molar refractivity (Wildman–Crippen MR) is 90.1 cm³/mol. The molecule has 0 saturated heterocycles. The minimum absolute atomic E-state index is 0.110. The molecule has 0 spiro atoms. The molecule has 122 valence electrons.